The van der Waals surface area contributed by atoms with Crippen molar-refractivity contribution in [2.45, 2.75) is 43.2 Å². The summed E-state index contributed by atoms with van der Waals surface area (Å²) in [5, 5.41) is 0. The SMILES string of the molecule is CC1Cc2cc(S(=O)(=O)NCC3CCCO3)ccc2N1C(=O)c1ccccc1. The van der Waals surface area contributed by atoms with Crippen LogP contribution in [0.2, 0.25) is 0 Å². The maximum absolute atomic E-state index is 12.9. The zero-order valence-corrected chi connectivity index (χ0v) is 16.6. The molecule has 0 bridgehead atoms. The first-order valence-electron chi connectivity index (χ1n) is 9.58. The van der Waals surface area contributed by atoms with E-state index in [9.17, 15) is 13.2 Å². The van der Waals surface area contributed by atoms with Crippen molar-refractivity contribution in [1.29, 1.82) is 0 Å². The third-order valence-electron chi connectivity index (χ3n) is 5.34. The van der Waals surface area contributed by atoms with Gasteiger partial charge < -0.3 is 9.64 Å². The summed E-state index contributed by atoms with van der Waals surface area (Å²) in [6.45, 7) is 2.95. The summed E-state index contributed by atoms with van der Waals surface area (Å²) < 4.78 is 33.4. The number of hydrogen-bond donors (Lipinski definition) is 1. The predicted octanol–water partition coefficient (Wildman–Crippen LogP) is 2.74. The first-order chi connectivity index (χ1) is 13.5. The van der Waals surface area contributed by atoms with E-state index in [2.05, 4.69) is 4.72 Å². The lowest BCUT2D eigenvalue weighted by molar-refractivity contribution is 0.0981. The second-order valence-electron chi connectivity index (χ2n) is 7.37. The number of sulfonamides is 1. The van der Waals surface area contributed by atoms with Gasteiger partial charge in [0, 0.05) is 30.4 Å². The number of fused-ring (bicyclic) bond motifs is 1. The van der Waals surface area contributed by atoms with Crippen molar-refractivity contribution in [2.75, 3.05) is 18.1 Å². The molecule has 2 atom stereocenters. The molecule has 1 fully saturated rings. The number of amides is 1. The predicted molar refractivity (Wildman–Crippen MR) is 107 cm³/mol. The topological polar surface area (TPSA) is 75.7 Å². The fourth-order valence-electron chi connectivity index (χ4n) is 3.90. The smallest absolute Gasteiger partial charge is 0.258 e. The summed E-state index contributed by atoms with van der Waals surface area (Å²) in [6.07, 6.45) is 2.42. The Hall–Kier alpha value is -2.22. The molecule has 0 spiro atoms. The van der Waals surface area contributed by atoms with Crippen molar-refractivity contribution in [3.63, 3.8) is 0 Å². The van der Waals surface area contributed by atoms with Gasteiger partial charge in [-0.05, 0) is 62.1 Å². The van der Waals surface area contributed by atoms with E-state index in [0.717, 1.165) is 24.1 Å². The Morgan fingerprint density at radius 2 is 2.00 bits per heavy atom. The van der Waals surface area contributed by atoms with E-state index in [1.807, 2.05) is 25.1 Å². The first kappa shape index (κ1) is 19.1. The number of carbonyl (C=O) groups excluding carboxylic acids is 1. The van der Waals surface area contributed by atoms with Crippen molar-refractivity contribution < 1.29 is 17.9 Å². The van der Waals surface area contributed by atoms with Crippen LogP contribution in [0.15, 0.2) is 53.4 Å². The molecule has 1 amide bonds. The molecule has 0 radical (unpaired) electrons. The minimum atomic E-state index is -3.61. The lowest BCUT2D eigenvalue weighted by Gasteiger charge is -2.23. The second-order valence-corrected chi connectivity index (χ2v) is 9.14. The van der Waals surface area contributed by atoms with Crippen molar-refractivity contribution in [3.05, 3.63) is 59.7 Å². The highest BCUT2D eigenvalue weighted by Crippen LogP contribution is 2.35. The van der Waals surface area contributed by atoms with Crippen LogP contribution < -0.4 is 9.62 Å². The Bertz CT molecular complexity index is 969. The Labute approximate surface area is 165 Å². The summed E-state index contributed by atoms with van der Waals surface area (Å²) in [4.78, 5) is 14.9. The number of nitrogens with one attached hydrogen (secondary N) is 1. The van der Waals surface area contributed by atoms with E-state index in [-0.39, 0.29) is 29.5 Å². The minimum Gasteiger partial charge on any atom is -0.377 e. The summed E-state index contributed by atoms with van der Waals surface area (Å²) in [5.74, 6) is -0.0704. The molecule has 2 aromatic carbocycles. The number of ether oxygens (including phenoxy) is 1. The van der Waals surface area contributed by atoms with Crippen LogP contribution >= 0.6 is 0 Å². The number of hydrogen-bond acceptors (Lipinski definition) is 4. The van der Waals surface area contributed by atoms with Crippen LogP contribution in [0.25, 0.3) is 0 Å². The largest absolute Gasteiger partial charge is 0.377 e. The average Bonchev–Trinajstić information content (AvgIpc) is 3.33. The molecular weight excluding hydrogens is 376 g/mol. The van der Waals surface area contributed by atoms with E-state index in [0.29, 0.717) is 18.6 Å². The Morgan fingerprint density at radius 3 is 2.71 bits per heavy atom. The number of rotatable bonds is 5. The lowest BCUT2D eigenvalue weighted by atomic mass is 10.1. The van der Waals surface area contributed by atoms with Gasteiger partial charge in [0.1, 0.15) is 0 Å². The standard InChI is InChI=1S/C21H24N2O4S/c1-15-12-17-13-19(28(25,26)22-14-18-8-5-11-27-18)9-10-20(17)23(15)21(24)16-6-3-2-4-7-16/h2-4,6-7,9-10,13,15,18,22H,5,8,11-12,14H2,1H3. The van der Waals surface area contributed by atoms with Gasteiger partial charge in [0.15, 0.2) is 0 Å². The van der Waals surface area contributed by atoms with Crippen LogP contribution in [-0.2, 0) is 21.2 Å². The Morgan fingerprint density at radius 1 is 1.21 bits per heavy atom. The monoisotopic (exact) mass is 400 g/mol. The highest BCUT2D eigenvalue weighted by atomic mass is 32.2. The highest BCUT2D eigenvalue weighted by Gasteiger charge is 2.32. The third-order valence-corrected chi connectivity index (χ3v) is 6.76. The van der Waals surface area contributed by atoms with Crippen molar-refractivity contribution in [1.82, 2.24) is 4.72 Å². The van der Waals surface area contributed by atoms with Gasteiger partial charge in [0.05, 0.1) is 11.0 Å². The normalized spacial score (nSPS) is 21.7. The van der Waals surface area contributed by atoms with Crippen LogP contribution in [0.5, 0.6) is 0 Å². The molecule has 2 aliphatic heterocycles. The van der Waals surface area contributed by atoms with Crippen LogP contribution in [0, 0.1) is 0 Å². The number of benzene rings is 2. The number of nitrogens with zero attached hydrogens (tertiary/aromatic N) is 1. The molecule has 6 nitrogen and oxygen atoms in total. The van der Waals surface area contributed by atoms with Crippen LogP contribution in [0.1, 0.15) is 35.7 Å². The molecule has 2 heterocycles. The molecule has 2 aromatic rings. The molecule has 28 heavy (non-hydrogen) atoms. The Kier molecular flexibility index (Phi) is 5.23. The van der Waals surface area contributed by atoms with Gasteiger partial charge in [0.2, 0.25) is 10.0 Å². The van der Waals surface area contributed by atoms with E-state index in [1.54, 1.807) is 35.2 Å². The van der Waals surface area contributed by atoms with Crippen LogP contribution in [0.4, 0.5) is 5.69 Å². The molecular formula is C21H24N2O4S. The van der Waals surface area contributed by atoms with Crippen LogP contribution in [-0.4, -0.2) is 39.6 Å². The first-order valence-corrected chi connectivity index (χ1v) is 11.1. The second kappa shape index (κ2) is 7.66. The van der Waals surface area contributed by atoms with Gasteiger partial charge >= 0.3 is 0 Å². The summed E-state index contributed by atoms with van der Waals surface area (Å²) in [5.41, 5.74) is 2.27. The van der Waals surface area contributed by atoms with E-state index < -0.39 is 10.0 Å². The molecule has 0 saturated carbocycles. The van der Waals surface area contributed by atoms with E-state index >= 15 is 0 Å². The summed E-state index contributed by atoms with van der Waals surface area (Å²) >= 11 is 0. The molecule has 0 aromatic heterocycles. The van der Waals surface area contributed by atoms with E-state index in [1.165, 1.54) is 0 Å². The van der Waals surface area contributed by atoms with Gasteiger partial charge in [-0.2, -0.15) is 0 Å². The van der Waals surface area contributed by atoms with Gasteiger partial charge in [-0.25, -0.2) is 13.1 Å². The zero-order chi connectivity index (χ0) is 19.7. The average molecular weight is 401 g/mol. The van der Waals surface area contributed by atoms with Crippen LogP contribution in [0.3, 0.4) is 0 Å². The molecule has 1 saturated heterocycles. The van der Waals surface area contributed by atoms with E-state index in [4.69, 9.17) is 4.74 Å². The minimum absolute atomic E-state index is 0.0273. The van der Waals surface area contributed by atoms with Gasteiger partial charge in [0.25, 0.3) is 5.91 Å². The molecule has 4 rings (SSSR count). The quantitative estimate of drug-likeness (QED) is 0.837. The number of carbonyl (C=O) groups is 1. The third kappa shape index (κ3) is 3.70. The molecule has 148 valence electrons. The summed E-state index contributed by atoms with van der Waals surface area (Å²) in [7, 11) is -3.61. The van der Waals surface area contributed by atoms with Crippen molar-refractivity contribution >= 4 is 21.6 Å². The highest BCUT2D eigenvalue weighted by molar-refractivity contribution is 7.89. The van der Waals surface area contributed by atoms with Crippen molar-refractivity contribution in [2.24, 2.45) is 0 Å². The molecule has 2 aliphatic rings. The zero-order valence-electron chi connectivity index (χ0n) is 15.8. The van der Waals surface area contributed by atoms with Crippen molar-refractivity contribution in [3.8, 4) is 0 Å². The van der Waals surface area contributed by atoms with Gasteiger partial charge in [-0.15, -0.1) is 0 Å². The maximum Gasteiger partial charge on any atom is 0.258 e. The van der Waals surface area contributed by atoms with Gasteiger partial charge in [-0.3, -0.25) is 4.79 Å². The molecule has 1 N–H and O–H groups in total. The lowest BCUT2D eigenvalue weighted by Crippen LogP contribution is -2.35. The fraction of sp³-hybridized carbons (Fsp3) is 0.381. The maximum atomic E-state index is 12.9. The molecule has 2 unspecified atom stereocenters. The van der Waals surface area contributed by atoms with Gasteiger partial charge in [-0.1, -0.05) is 18.2 Å². The number of anilines is 1. The molecule has 0 aliphatic carbocycles. The summed E-state index contributed by atoms with van der Waals surface area (Å²) in [6, 6.07) is 14.1. The Balaban J connectivity index is 1.55. The fourth-order valence-corrected chi connectivity index (χ4v) is 5.01. The molecule has 7 heteroatoms.